The van der Waals surface area contributed by atoms with Crippen LogP contribution in [0, 0.1) is 16.7 Å². The Morgan fingerprint density at radius 2 is 2.04 bits per heavy atom. The molecular formula is C18H18N6O2. The number of hydrogen-bond donors (Lipinski definition) is 0. The molecule has 132 valence electrons. The van der Waals surface area contributed by atoms with Crippen molar-refractivity contribution in [1.82, 2.24) is 19.7 Å². The van der Waals surface area contributed by atoms with E-state index >= 15 is 0 Å². The van der Waals surface area contributed by atoms with Crippen LogP contribution in [0.5, 0.6) is 0 Å². The van der Waals surface area contributed by atoms with Gasteiger partial charge in [-0.2, -0.15) is 5.26 Å². The van der Waals surface area contributed by atoms with E-state index in [2.05, 4.69) is 16.2 Å². The van der Waals surface area contributed by atoms with E-state index in [9.17, 15) is 9.59 Å². The highest BCUT2D eigenvalue weighted by Gasteiger charge is 2.49. The maximum absolute atomic E-state index is 12.6. The number of rotatable bonds is 2. The summed E-state index contributed by atoms with van der Waals surface area (Å²) in [5, 5.41) is 13.0. The van der Waals surface area contributed by atoms with E-state index in [1.165, 1.54) is 11.0 Å². The van der Waals surface area contributed by atoms with Crippen LogP contribution in [-0.4, -0.2) is 51.1 Å². The molecule has 4 rings (SSSR count). The number of hydrogen-bond acceptors (Lipinski definition) is 5. The van der Waals surface area contributed by atoms with E-state index in [0.29, 0.717) is 31.6 Å². The molecule has 0 bridgehead atoms. The van der Waals surface area contributed by atoms with Crippen LogP contribution in [0.3, 0.4) is 0 Å². The van der Waals surface area contributed by atoms with Crippen molar-refractivity contribution in [3.8, 4) is 6.07 Å². The fourth-order valence-corrected chi connectivity index (χ4v) is 3.81. The number of anilines is 1. The molecule has 2 aliphatic heterocycles. The van der Waals surface area contributed by atoms with Gasteiger partial charge in [0.2, 0.25) is 11.7 Å². The minimum atomic E-state index is -0.227. The zero-order valence-corrected chi connectivity index (χ0v) is 14.4. The summed E-state index contributed by atoms with van der Waals surface area (Å²) >= 11 is 0. The van der Waals surface area contributed by atoms with Gasteiger partial charge in [0.25, 0.3) is 5.91 Å². The van der Waals surface area contributed by atoms with E-state index in [0.717, 1.165) is 12.1 Å². The van der Waals surface area contributed by atoms with E-state index in [1.54, 1.807) is 41.1 Å². The summed E-state index contributed by atoms with van der Waals surface area (Å²) in [5.74, 6) is 0.0598. The normalized spacial score (nSPS) is 22.2. The molecule has 1 aromatic carbocycles. The Hall–Kier alpha value is -3.21. The fourth-order valence-electron chi connectivity index (χ4n) is 3.81. The first kappa shape index (κ1) is 16.3. The quantitative estimate of drug-likeness (QED) is 0.804. The number of benzene rings is 1. The minimum absolute atomic E-state index is 0.0555. The van der Waals surface area contributed by atoms with Crippen molar-refractivity contribution < 1.29 is 9.59 Å². The van der Waals surface area contributed by atoms with Crippen molar-refractivity contribution in [2.24, 2.45) is 12.5 Å². The van der Waals surface area contributed by atoms with E-state index in [4.69, 9.17) is 5.26 Å². The van der Waals surface area contributed by atoms with Gasteiger partial charge in [-0.1, -0.05) is 0 Å². The fraction of sp³-hybridized carbons (Fsp3) is 0.389. The molecule has 26 heavy (non-hydrogen) atoms. The summed E-state index contributed by atoms with van der Waals surface area (Å²) in [7, 11) is 1.72. The zero-order chi connectivity index (χ0) is 18.3. The van der Waals surface area contributed by atoms with Crippen LogP contribution in [0.15, 0.2) is 30.6 Å². The second-order valence-electron chi connectivity index (χ2n) is 7.03. The van der Waals surface area contributed by atoms with E-state index in [-0.39, 0.29) is 23.1 Å². The smallest absolute Gasteiger partial charge is 0.293 e. The number of carbonyl (C=O) groups excluding carboxylic acids is 2. The molecule has 0 radical (unpaired) electrons. The molecule has 2 aromatic rings. The highest BCUT2D eigenvalue weighted by Crippen LogP contribution is 2.42. The maximum Gasteiger partial charge on any atom is 0.293 e. The average molecular weight is 350 g/mol. The largest absolute Gasteiger partial charge is 0.335 e. The molecule has 0 aliphatic carbocycles. The first-order valence-electron chi connectivity index (χ1n) is 8.45. The second-order valence-corrected chi connectivity index (χ2v) is 7.03. The predicted octanol–water partition coefficient (Wildman–Crippen LogP) is 0.956. The molecule has 1 atom stereocenters. The van der Waals surface area contributed by atoms with Crippen molar-refractivity contribution in [2.45, 2.75) is 12.8 Å². The standard InChI is InChI=1S/C18H18N6O2/c1-22-12-20-16(21-22)17(26)23-7-6-18(10-23)8-15(25)24(11-18)14-4-2-13(9-19)3-5-14/h2-5,12H,6-8,10-11H2,1H3/t18-/m0/s1. The van der Waals surface area contributed by atoms with Gasteiger partial charge in [0.15, 0.2) is 0 Å². The lowest BCUT2D eigenvalue weighted by Gasteiger charge is -2.24. The number of nitrogens with zero attached hydrogens (tertiary/aromatic N) is 6. The zero-order valence-electron chi connectivity index (χ0n) is 14.4. The van der Waals surface area contributed by atoms with Gasteiger partial charge in [-0.25, -0.2) is 4.98 Å². The summed E-state index contributed by atoms with van der Waals surface area (Å²) in [4.78, 5) is 32.7. The summed E-state index contributed by atoms with van der Waals surface area (Å²) < 4.78 is 1.50. The number of carbonyl (C=O) groups is 2. The van der Waals surface area contributed by atoms with Crippen LogP contribution in [0.4, 0.5) is 5.69 Å². The Kier molecular flexibility index (Phi) is 3.72. The third-order valence-corrected chi connectivity index (χ3v) is 5.15. The molecule has 2 saturated heterocycles. The Morgan fingerprint density at radius 3 is 2.69 bits per heavy atom. The monoisotopic (exact) mass is 350 g/mol. The van der Waals surface area contributed by atoms with Crippen LogP contribution in [0.1, 0.15) is 29.0 Å². The molecule has 2 aliphatic rings. The van der Waals surface area contributed by atoms with Gasteiger partial charge in [-0.3, -0.25) is 14.3 Å². The third kappa shape index (κ3) is 2.71. The van der Waals surface area contributed by atoms with Gasteiger partial charge >= 0.3 is 0 Å². The van der Waals surface area contributed by atoms with Crippen LogP contribution in [0.25, 0.3) is 0 Å². The lowest BCUT2D eigenvalue weighted by atomic mass is 9.86. The highest BCUT2D eigenvalue weighted by atomic mass is 16.2. The van der Waals surface area contributed by atoms with E-state index < -0.39 is 0 Å². The van der Waals surface area contributed by atoms with Gasteiger partial charge in [-0.15, -0.1) is 5.10 Å². The topological polar surface area (TPSA) is 95.1 Å². The Labute approximate surface area is 150 Å². The Bertz CT molecular complexity index is 913. The summed E-state index contributed by atoms with van der Waals surface area (Å²) in [6, 6.07) is 9.10. The Balaban J connectivity index is 1.49. The third-order valence-electron chi connectivity index (χ3n) is 5.15. The van der Waals surface area contributed by atoms with Crippen molar-refractivity contribution >= 4 is 17.5 Å². The predicted molar refractivity (Wildman–Crippen MR) is 92.1 cm³/mol. The molecular weight excluding hydrogens is 332 g/mol. The van der Waals surface area contributed by atoms with E-state index in [1.807, 2.05) is 0 Å². The summed E-state index contributed by atoms with van der Waals surface area (Å²) in [5.41, 5.74) is 1.13. The van der Waals surface area contributed by atoms with Gasteiger partial charge in [0.1, 0.15) is 6.33 Å². The van der Waals surface area contributed by atoms with Crippen molar-refractivity contribution in [2.75, 3.05) is 24.5 Å². The summed E-state index contributed by atoms with van der Waals surface area (Å²) in [6.07, 6.45) is 2.71. The SMILES string of the molecule is Cn1cnc(C(=O)N2CC[C@]3(CC(=O)N(c4ccc(C#N)cc4)C3)C2)n1. The maximum atomic E-state index is 12.6. The first-order chi connectivity index (χ1) is 12.5. The molecule has 2 amide bonds. The average Bonchev–Trinajstić information content (AvgIpc) is 3.34. The number of likely N-dealkylation sites (tertiary alicyclic amines) is 1. The van der Waals surface area contributed by atoms with Gasteiger partial charge in [-0.05, 0) is 30.7 Å². The number of amides is 2. The molecule has 0 N–H and O–H groups in total. The molecule has 8 nitrogen and oxygen atoms in total. The molecule has 1 aromatic heterocycles. The van der Waals surface area contributed by atoms with Crippen molar-refractivity contribution in [3.05, 3.63) is 42.0 Å². The second kappa shape index (κ2) is 5.95. The van der Waals surface area contributed by atoms with Crippen molar-refractivity contribution in [3.63, 3.8) is 0 Å². The highest BCUT2D eigenvalue weighted by molar-refractivity contribution is 5.97. The van der Waals surface area contributed by atoms with Crippen LogP contribution in [-0.2, 0) is 11.8 Å². The van der Waals surface area contributed by atoms with Crippen molar-refractivity contribution in [1.29, 1.82) is 5.26 Å². The number of aryl methyl sites for hydroxylation is 1. The molecule has 8 heteroatoms. The number of aromatic nitrogens is 3. The van der Waals surface area contributed by atoms with Gasteiger partial charge < -0.3 is 9.80 Å². The van der Waals surface area contributed by atoms with Gasteiger partial charge in [0.05, 0.1) is 11.6 Å². The molecule has 3 heterocycles. The van der Waals surface area contributed by atoms with Crippen LogP contribution >= 0.6 is 0 Å². The van der Waals surface area contributed by atoms with Gasteiger partial charge in [0, 0.05) is 44.2 Å². The lowest BCUT2D eigenvalue weighted by molar-refractivity contribution is -0.117. The molecule has 1 spiro atoms. The Morgan fingerprint density at radius 1 is 1.27 bits per heavy atom. The van der Waals surface area contributed by atoms with Crippen LogP contribution < -0.4 is 4.90 Å². The van der Waals surface area contributed by atoms with Crippen LogP contribution in [0.2, 0.25) is 0 Å². The molecule has 2 fully saturated rings. The molecule has 0 saturated carbocycles. The number of nitriles is 1. The summed E-state index contributed by atoms with van der Waals surface area (Å²) in [6.45, 7) is 1.71. The lowest BCUT2D eigenvalue weighted by Crippen LogP contribution is -2.34. The first-order valence-corrected chi connectivity index (χ1v) is 8.45. The molecule has 0 unspecified atom stereocenters. The minimum Gasteiger partial charge on any atom is -0.335 e.